The quantitative estimate of drug-likeness (QED) is 0.674. The van der Waals surface area contributed by atoms with Gasteiger partial charge in [0.2, 0.25) is 0 Å². The minimum Gasteiger partial charge on any atom is -0.307 e. The molecule has 0 saturated carbocycles. The van der Waals surface area contributed by atoms with E-state index >= 15 is 0 Å². The number of rotatable bonds is 6. The highest BCUT2D eigenvalue weighted by molar-refractivity contribution is 7.12. The lowest BCUT2D eigenvalue weighted by molar-refractivity contribution is 0.0980. The van der Waals surface area contributed by atoms with Crippen LogP contribution in [0.4, 0.5) is 0 Å². The summed E-state index contributed by atoms with van der Waals surface area (Å²) in [7, 11) is 2.08. The molecule has 0 amide bonds. The Morgan fingerprint density at radius 3 is 2.93 bits per heavy atom. The predicted octanol–water partition coefficient (Wildman–Crippen LogP) is 2.66. The van der Waals surface area contributed by atoms with Gasteiger partial charge in [-0.1, -0.05) is 13.0 Å². The lowest BCUT2D eigenvalue weighted by Crippen LogP contribution is -2.19. The SMILES string of the molecule is CCN(C)CCCC(=O)c1cccs1. The van der Waals surface area contributed by atoms with E-state index in [1.165, 1.54) is 11.3 Å². The maximum Gasteiger partial charge on any atom is 0.172 e. The van der Waals surface area contributed by atoms with Crippen molar-refractivity contribution in [2.24, 2.45) is 0 Å². The van der Waals surface area contributed by atoms with Gasteiger partial charge in [-0.25, -0.2) is 0 Å². The smallest absolute Gasteiger partial charge is 0.172 e. The Labute approximate surface area is 89.5 Å². The van der Waals surface area contributed by atoms with Crippen LogP contribution in [-0.2, 0) is 0 Å². The number of ketones is 1. The molecule has 0 aliphatic carbocycles. The molecule has 0 aromatic carbocycles. The van der Waals surface area contributed by atoms with E-state index in [1.54, 1.807) is 0 Å². The number of hydrogen-bond donors (Lipinski definition) is 0. The zero-order valence-electron chi connectivity index (χ0n) is 8.82. The fourth-order valence-corrected chi connectivity index (χ4v) is 1.92. The van der Waals surface area contributed by atoms with Gasteiger partial charge < -0.3 is 4.90 Å². The normalized spacial score (nSPS) is 10.8. The van der Waals surface area contributed by atoms with E-state index in [9.17, 15) is 4.79 Å². The van der Waals surface area contributed by atoms with Gasteiger partial charge in [0.25, 0.3) is 0 Å². The first-order valence-corrected chi connectivity index (χ1v) is 5.87. The highest BCUT2D eigenvalue weighted by Crippen LogP contribution is 2.12. The zero-order chi connectivity index (χ0) is 10.4. The number of Topliss-reactive ketones (excluding diaryl/α,β-unsaturated/α-hetero) is 1. The third-order valence-corrected chi connectivity index (χ3v) is 3.19. The molecule has 1 rings (SSSR count). The molecular weight excluding hydrogens is 194 g/mol. The molecule has 1 aromatic rings. The molecule has 0 bridgehead atoms. The summed E-state index contributed by atoms with van der Waals surface area (Å²) in [4.78, 5) is 14.7. The summed E-state index contributed by atoms with van der Waals surface area (Å²) >= 11 is 1.53. The number of hydrogen-bond acceptors (Lipinski definition) is 3. The van der Waals surface area contributed by atoms with E-state index in [0.29, 0.717) is 6.42 Å². The molecule has 14 heavy (non-hydrogen) atoms. The average molecular weight is 211 g/mol. The molecule has 0 saturated heterocycles. The maximum absolute atomic E-state index is 11.6. The summed E-state index contributed by atoms with van der Waals surface area (Å²) in [5.41, 5.74) is 0. The fraction of sp³-hybridized carbons (Fsp3) is 0.545. The number of nitrogens with zero attached hydrogens (tertiary/aromatic N) is 1. The van der Waals surface area contributed by atoms with Crippen LogP contribution in [0.1, 0.15) is 29.4 Å². The summed E-state index contributed by atoms with van der Waals surface area (Å²) in [5.74, 6) is 0.282. The van der Waals surface area contributed by atoms with Crippen LogP contribution in [0.3, 0.4) is 0 Å². The third-order valence-electron chi connectivity index (χ3n) is 2.28. The Bertz CT molecular complexity index is 269. The maximum atomic E-state index is 11.6. The Hall–Kier alpha value is -0.670. The lowest BCUT2D eigenvalue weighted by atomic mass is 10.2. The fourth-order valence-electron chi connectivity index (χ4n) is 1.23. The Morgan fingerprint density at radius 2 is 2.36 bits per heavy atom. The van der Waals surface area contributed by atoms with Gasteiger partial charge in [0.1, 0.15) is 0 Å². The Balaban J connectivity index is 2.23. The molecule has 1 aromatic heterocycles. The van der Waals surface area contributed by atoms with Crippen molar-refractivity contribution in [1.29, 1.82) is 0 Å². The van der Waals surface area contributed by atoms with E-state index in [-0.39, 0.29) is 5.78 Å². The summed E-state index contributed by atoms with van der Waals surface area (Å²) in [6.45, 7) is 4.18. The van der Waals surface area contributed by atoms with Crippen LogP contribution in [-0.4, -0.2) is 30.8 Å². The van der Waals surface area contributed by atoms with Gasteiger partial charge in [0.05, 0.1) is 4.88 Å². The topological polar surface area (TPSA) is 20.3 Å². The molecule has 0 spiro atoms. The number of thiophene rings is 1. The zero-order valence-corrected chi connectivity index (χ0v) is 9.64. The van der Waals surface area contributed by atoms with Crippen LogP contribution < -0.4 is 0 Å². The van der Waals surface area contributed by atoms with Crippen molar-refractivity contribution in [3.05, 3.63) is 22.4 Å². The molecule has 0 aliphatic heterocycles. The lowest BCUT2D eigenvalue weighted by Gasteiger charge is -2.12. The molecular formula is C11H17NOS. The van der Waals surface area contributed by atoms with Gasteiger partial charge in [-0.2, -0.15) is 0 Å². The van der Waals surface area contributed by atoms with Gasteiger partial charge in [-0.15, -0.1) is 11.3 Å². The molecule has 0 atom stereocenters. The summed E-state index contributed by atoms with van der Waals surface area (Å²) in [6, 6.07) is 3.83. The second kappa shape index (κ2) is 5.94. The van der Waals surface area contributed by atoms with E-state index in [0.717, 1.165) is 24.4 Å². The molecule has 0 aliphatic rings. The minimum atomic E-state index is 0.282. The van der Waals surface area contributed by atoms with Crippen molar-refractivity contribution in [2.75, 3.05) is 20.1 Å². The van der Waals surface area contributed by atoms with E-state index in [1.807, 2.05) is 17.5 Å². The standard InChI is InChI=1S/C11H17NOS/c1-3-12(2)8-4-6-10(13)11-7-5-9-14-11/h5,7,9H,3-4,6,8H2,1-2H3. The monoisotopic (exact) mass is 211 g/mol. The van der Waals surface area contributed by atoms with Gasteiger partial charge in [-0.3, -0.25) is 4.79 Å². The molecule has 0 N–H and O–H groups in total. The molecule has 0 fully saturated rings. The first-order chi connectivity index (χ1) is 6.74. The second-order valence-electron chi connectivity index (χ2n) is 3.40. The van der Waals surface area contributed by atoms with Crippen molar-refractivity contribution < 1.29 is 4.79 Å². The molecule has 2 nitrogen and oxygen atoms in total. The van der Waals surface area contributed by atoms with Crippen LogP contribution in [0, 0.1) is 0 Å². The van der Waals surface area contributed by atoms with Crippen molar-refractivity contribution >= 4 is 17.1 Å². The average Bonchev–Trinajstić information content (AvgIpc) is 2.70. The van der Waals surface area contributed by atoms with Gasteiger partial charge in [-0.05, 0) is 38.0 Å². The van der Waals surface area contributed by atoms with Gasteiger partial charge in [0.15, 0.2) is 5.78 Å². The largest absolute Gasteiger partial charge is 0.307 e. The molecule has 0 radical (unpaired) electrons. The van der Waals surface area contributed by atoms with E-state index in [2.05, 4.69) is 18.9 Å². The minimum absolute atomic E-state index is 0.282. The van der Waals surface area contributed by atoms with Crippen molar-refractivity contribution in [2.45, 2.75) is 19.8 Å². The van der Waals surface area contributed by atoms with Crippen LogP contribution in [0.5, 0.6) is 0 Å². The number of carbonyl (C=O) groups excluding carboxylic acids is 1. The van der Waals surface area contributed by atoms with Crippen LogP contribution >= 0.6 is 11.3 Å². The molecule has 0 unspecified atom stereocenters. The van der Waals surface area contributed by atoms with Crippen LogP contribution in [0.2, 0.25) is 0 Å². The van der Waals surface area contributed by atoms with E-state index in [4.69, 9.17) is 0 Å². The Kier molecular flexibility index (Phi) is 4.84. The molecule has 3 heteroatoms. The molecule has 1 heterocycles. The van der Waals surface area contributed by atoms with Gasteiger partial charge >= 0.3 is 0 Å². The summed E-state index contributed by atoms with van der Waals surface area (Å²) in [6.07, 6.45) is 1.63. The Morgan fingerprint density at radius 1 is 1.57 bits per heavy atom. The highest BCUT2D eigenvalue weighted by Gasteiger charge is 2.06. The van der Waals surface area contributed by atoms with Crippen molar-refractivity contribution in [1.82, 2.24) is 4.90 Å². The van der Waals surface area contributed by atoms with Gasteiger partial charge in [0, 0.05) is 6.42 Å². The van der Waals surface area contributed by atoms with Crippen LogP contribution in [0.25, 0.3) is 0 Å². The number of carbonyl (C=O) groups is 1. The first kappa shape index (κ1) is 11.4. The van der Waals surface area contributed by atoms with Crippen LogP contribution in [0.15, 0.2) is 17.5 Å². The summed E-state index contributed by atoms with van der Waals surface area (Å²) < 4.78 is 0. The molecule has 78 valence electrons. The van der Waals surface area contributed by atoms with Crippen molar-refractivity contribution in [3.8, 4) is 0 Å². The summed E-state index contributed by atoms with van der Waals surface area (Å²) in [5, 5.41) is 1.95. The van der Waals surface area contributed by atoms with E-state index < -0.39 is 0 Å². The first-order valence-electron chi connectivity index (χ1n) is 4.99. The highest BCUT2D eigenvalue weighted by atomic mass is 32.1. The third kappa shape index (κ3) is 3.60. The van der Waals surface area contributed by atoms with Crippen molar-refractivity contribution in [3.63, 3.8) is 0 Å². The second-order valence-corrected chi connectivity index (χ2v) is 4.35. The predicted molar refractivity (Wildman–Crippen MR) is 61.1 cm³/mol.